The quantitative estimate of drug-likeness (QED) is 0.860. The Labute approximate surface area is 109 Å². The lowest BCUT2D eigenvalue weighted by Crippen LogP contribution is -2.19. The second-order valence-electron chi connectivity index (χ2n) is 5.03. The number of amides is 1. The molecule has 0 unspecified atom stereocenters. The third-order valence-corrected chi connectivity index (χ3v) is 3.45. The first-order valence-corrected chi connectivity index (χ1v) is 6.80. The Bertz CT molecular complexity index is 416. The highest BCUT2D eigenvalue weighted by molar-refractivity contribution is 5.84. The fourth-order valence-corrected chi connectivity index (χ4v) is 2.55. The fraction of sp³-hybridized carbons (Fsp3) is 0.438. The number of nitrogens with one attached hydrogen (secondary N) is 1. The van der Waals surface area contributed by atoms with E-state index in [2.05, 4.69) is 11.4 Å². The van der Waals surface area contributed by atoms with E-state index in [-0.39, 0.29) is 5.91 Å². The first-order valence-electron chi connectivity index (χ1n) is 6.80. The maximum Gasteiger partial charge on any atom is 0.221 e. The molecule has 0 aromatic heterocycles. The van der Waals surface area contributed by atoms with Gasteiger partial charge in [0.25, 0.3) is 0 Å². The van der Waals surface area contributed by atoms with Gasteiger partial charge >= 0.3 is 0 Å². The molecule has 0 bridgehead atoms. The van der Waals surface area contributed by atoms with Crippen LogP contribution >= 0.6 is 0 Å². The normalized spacial score (nSPS) is 17.5. The predicted molar refractivity (Wildman–Crippen MR) is 74.8 cm³/mol. The predicted octanol–water partition coefficient (Wildman–Crippen LogP) is 3.74. The van der Waals surface area contributed by atoms with E-state index in [0.717, 1.165) is 11.3 Å². The monoisotopic (exact) mass is 243 g/mol. The summed E-state index contributed by atoms with van der Waals surface area (Å²) in [5.74, 6) is 0.613. The SMILES string of the molecule is CC(=O)N/C(=C\C1CCCCC1)c1ccccc1. The molecule has 1 aliphatic rings. The van der Waals surface area contributed by atoms with E-state index in [1.807, 2.05) is 30.3 Å². The Morgan fingerprint density at radius 1 is 1.17 bits per heavy atom. The van der Waals surface area contributed by atoms with Crippen molar-refractivity contribution in [3.63, 3.8) is 0 Å². The lowest BCUT2D eigenvalue weighted by Gasteiger charge is -2.20. The summed E-state index contributed by atoms with van der Waals surface area (Å²) in [6.07, 6.45) is 8.71. The van der Waals surface area contributed by atoms with Crippen molar-refractivity contribution in [2.24, 2.45) is 5.92 Å². The smallest absolute Gasteiger partial charge is 0.221 e. The van der Waals surface area contributed by atoms with Crippen LogP contribution < -0.4 is 5.32 Å². The second-order valence-corrected chi connectivity index (χ2v) is 5.03. The molecule has 1 aromatic rings. The van der Waals surface area contributed by atoms with Gasteiger partial charge in [-0.2, -0.15) is 0 Å². The minimum atomic E-state index is 0.000845. The second kappa shape index (κ2) is 6.39. The topological polar surface area (TPSA) is 29.1 Å². The molecular weight excluding hydrogens is 222 g/mol. The minimum Gasteiger partial charge on any atom is -0.326 e. The zero-order valence-corrected chi connectivity index (χ0v) is 11.0. The molecule has 1 fully saturated rings. The third-order valence-electron chi connectivity index (χ3n) is 3.45. The molecule has 96 valence electrons. The van der Waals surface area contributed by atoms with Crippen LogP contribution in [0, 0.1) is 5.92 Å². The number of benzene rings is 1. The molecule has 0 spiro atoms. The van der Waals surface area contributed by atoms with Gasteiger partial charge < -0.3 is 5.32 Å². The average molecular weight is 243 g/mol. The molecular formula is C16H21NO. The summed E-state index contributed by atoms with van der Waals surface area (Å²) in [5.41, 5.74) is 2.06. The number of rotatable bonds is 3. The standard InChI is InChI=1S/C16H21NO/c1-13(18)17-16(15-10-6-3-7-11-15)12-14-8-4-2-5-9-14/h3,6-7,10-12,14H,2,4-5,8-9H2,1H3,(H,17,18)/b16-12-. The van der Waals surface area contributed by atoms with Gasteiger partial charge in [0.15, 0.2) is 0 Å². The number of hydrogen-bond donors (Lipinski definition) is 1. The highest BCUT2D eigenvalue weighted by atomic mass is 16.1. The Morgan fingerprint density at radius 3 is 2.44 bits per heavy atom. The van der Waals surface area contributed by atoms with Crippen molar-refractivity contribution in [2.75, 3.05) is 0 Å². The molecule has 1 amide bonds. The molecule has 0 saturated heterocycles. The first kappa shape index (κ1) is 12.9. The summed E-state index contributed by atoms with van der Waals surface area (Å²) in [7, 11) is 0. The summed E-state index contributed by atoms with van der Waals surface area (Å²) >= 11 is 0. The van der Waals surface area contributed by atoms with Crippen LogP contribution in [0.5, 0.6) is 0 Å². The summed E-state index contributed by atoms with van der Waals surface area (Å²) < 4.78 is 0. The van der Waals surface area contributed by atoms with Crippen molar-refractivity contribution in [1.82, 2.24) is 5.32 Å². The Morgan fingerprint density at radius 2 is 1.83 bits per heavy atom. The fourth-order valence-electron chi connectivity index (χ4n) is 2.55. The van der Waals surface area contributed by atoms with Crippen LogP contribution in [0.2, 0.25) is 0 Å². The van der Waals surface area contributed by atoms with Crippen molar-refractivity contribution in [3.05, 3.63) is 42.0 Å². The van der Waals surface area contributed by atoms with Crippen LogP contribution in [-0.2, 0) is 4.79 Å². The van der Waals surface area contributed by atoms with Gasteiger partial charge in [0, 0.05) is 12.6 Å². The Hall–Kier alpha value is -1.57. The van der Waals surface area contributed by atoms with E-state index >= 15 is 0 Å². The van der Waals surface area contributed by atoms with E-state index in [1.54, 1.807) is 6.92 Å². The van der Waals surface area contributed by atoms with Gasteiger partial charge in [0.05, 0.1) is 0 Å². The highest BCUT2D eigenvalue weighted by Gasteiger charge is 2.13. The molecule has 18 heavy (non-hydrogen) atoms. The molecule has 2 heteroatoms. The third kappa shape index (κ3) is 3.73. The van der Waals surface area contributed by atoms with E-state index < -0.39 is 0 Å². The lowest BCUT2D eigenvalue weighted by atomic mass is 9.88. The van der Waals surface area contributed by atoms with Crippen molar-refractivity contribution in [2.45, 2.75) is 39.0 Å². The van der Waals surface area contributed by atoms with Crippen LogP contribution in [0.25, 0.3) is 5.70 Å². The molecule has 2 rings (SSSR count). The molecule has 2 nitrogen and oxygen atoms in total. The molecule has 0 radical (unpaired) electrons. The van der Waals surface area contributed by atoms with E-state index in [4.69, 9.17) is 0 Å². The van der Waals surface area contributed by atoms with Gasteiger partial charge in [0.1, 0.15) is 0 Å². The van der Waals surface area contributed by atoms with Gasteiger partial charge in [-0.3, -0.25) is 4.79 Å². The number of carbonyl (C=O) groups is 1. The van der Waals surface area contributed by atoms with Crippen LogP contribution in [0.3, 0.4) is 0 Å². The van der Waals surface area contributed by atoms with Crippen molar-refractivity contribution in [1.29, 1.82) is 0 Å². The highest BCUT2D eigenvalue weighted by Crippen LogP contribution is 2.27. The number of hydrogen-bond acceptors (Lipinski definition) is 1. The summed E-state index contributed by atoms with van der Waals surface area (Å²) in [6.45, 7) is 1.57. The zero-order valence-electron chi connectivity index (χ0n) is 11.0. The Kier molecular flexibility index (Phi) is 4.57. The lowest BCUT2D eigenvalue weighted by molar-refractivity contribution is -0.117. The van der Waals surface area contributed by atoms with Crippen LogP contribution in [0.1, 0.15) is 44.6 Å². The van der Waals surface area contributed by atoms with Gasteiger partial charge in [-0.1, -0.05) is 55.7 Å². The van der Waals surface area contributed by atoms with Gasteiger partial charge in [-0.25, -0.2) is 0 Å². The van der Waals surface area contributed by atoms with E-state index in [1.165, 1.54) is 32.1 Å². The van der Waals surface area contributed by atoms with Gasteiger partial charge in [0.2, 0.25) is 5.91 Å². The molecule has 1 aromatic carbocycles. The largest absolute Gasteiger partial charge is 0.326 e. The minimum absolute atomic E-state index is 0.000845. The molecule has 1 aliphatic carbocycles. The number of allylic oxidation sites excluding steroid dienone is 1. The molecule has 0 heterocycles. The molecule has 1 saturated carbocycles. The zero-order chi connectivity index (χ0) is 12.8. The van der Waals surface area contributed by atoms with Crippen LogP contribution in [-0.4, -0.2) is 5.91 Å². The van der Waals surface area contributed by atoms with E-state index in [0.29, 0.717) is 5.92 Å². The van der Waals surface area contributed by atoms with Gasteiger partial charge in [-0.15, -0.1) is 0 Å². The average Bonchev–Trinajstić information content (AvgIpc) is 2.40. The summed E-state index contributed by atoms with van der Waals surface area (Å²) in [6, 6.07) is 10.1. The first-order chi connectivity index (χ1) is 8.75. The maximum atomic E-state index is 11.3. The molecule has 0 atom stereocenters. The van der Waals surface area contributed by atoms with Crippen molar-refractivity contribution < 1.29 is 4.79 Å². The number of carbonyl (C=O) groups excluding carboxylic acids is 1. The molecule has 1 N–H and O–H groups in total. The van der Waals surface area contributed by atoms with Crippen LogP contribution in [0.4, 0.5) is 0 Å². The Balaban J connectivity index is 2.18. The molecule has 0 aliphatic heterocycles. The maximum absolute atomic E-state index is 11.3. The summed E-state index contributed by atoms with van der Waals surface area (Å²) in [5, 5.41) is 2.97. The van der Waals surface area contributed by atoms with Crippen molar-refractivity contribution in [3.8, 4) is 0 Å². The van der Waals surface area contributed by atoms with Gasteiger partial charge in [-0.05, 0) is 24.3 Å². The van der Waals surface area contributed by atoms with Crippen LogP contribution in [0.15, 0.2) is 36.4 Å². The van der Waals surface area contributed by atoms with E-state index in [9.17, 15) is 4.79 Å². The van der Waals surface area contributed by atoms with Crippen molar-refractivity contribution >= 4 is 11.6 Å². The summed E-state index contributed by atoms with van der Waals surface area (Å²) in [4.78, 5) is 11.3.